The number of benzene rings is 1. The first-order valence-corrected chi connectivity index (χ1v) is 4.79. The van der Waals surface area contributed by atoms with E-state index in [4.69, 9.17) is 19.7 Å². The maximum Gasteiger partial charge on any atom is 0.230 e. The van der Waals surface area contributed by atoms with Crippen molar-refractivity contribution in [3.8, 4) is 22.6 Å². The lowest BCUT2D eigenvalue weighted by molar-refractivity contribution is 0.353. The van der Waals surface area contributed by atoms with Crippen molar-refractivity contribution in [3.63, 3.8) is 0 Å². The van der Waals surface area contributed by atoms with Crippen LogP contribution in [0.15, 0.2) is 22.9 Å². The van der Waals surface area contributed by atoms with Crippen LogP contribution in [0, 0.1) is 5.82 Å². The molecule has 0 amide bonds. The van der Waals surface area contributed by atoms with Crippen molar-refractivity contribution in [2.24, 2.45) is 0 Å². The van der Waals surface area contributed by atoms with Crippen LogP contribution in [0.2, 0.25) is 0 Å². The van der Waals surface area contributed by atoms with E-state index in [1.807, 2.05) is 0 Å². The summed E-state index contributed by atoms with van der Waals surface area (Å²) in [5.74, 6) is 0.293. The maximum atomic E-state index is 13.4. The van der Waals surface area contributed by atoms with Gasteiger partial charge in [-0.05, 0) is 6.07 Å². The summed E-state index contributed by atoms with van der Waals surface area (Å²) in [6.07, 6.45) is 1.39. The molecule has 0 radical (unpaired) electrons. The van der Waals surface area contributed by atoms with E-state index in [1.165, 1.54) is 32.5 Å². The van der Waals surface area contributed by atoms with Crippen molar-refractivity contribution in [3.05, 3.63) is 24.1 Å². The Balaban J connectivity index is 2.68. The lowest BCUT2D eigenvalue weighted by Gasteiger charge is -2.11. The Morgan fingerprint density at radius 1 is 1.24 bits per heavy atom. The Morgan fingerprint density at radius 2 is 2.00 bits per heavy atom. The van der Waals surface area contributed by atoms with Gasteiger partial charge in [0.25, 0.3) is 0 Å². The van der Waals surface area contributed by atoms with Crippen molar-refractivity contribution in [1.29, 1.82) is 0 Å². The second-order valence-electron chi connectivity index (χ2n) is 3.29. The maximum absolute atomic E-state index is 13.4. The number of halogens is 1. The average Bonchev–Trinajstić information content (AvgIpc) is 2.74. The number of methoxy groups -OCH3 is 2. The van der Waals surface area contributed by atoms with Crippen LogP contribution in [-0.2, 0) is 0 Å². The van der Waals surface area contributed by atoms with Gasteiger partial charge in [0.2, 0.25) is 5.88 Å². The number of hydrogen-bond acceptors (Lipinski definition) is 5. The summed E-state index contributed by atoms with van der Waals surface area (Å²) in [5, 5.41) is 3.54. The molecule has 17 heavy (non-hydrogen) atoms. The van der Waals surface area contributed by atoms with Crippen LogP contribution in [-0.4, -0.2) is 19.4 Å². The number of nitrogens with zero attached hydrogens (tertiary/aromatic N) is 1. The van der Waals surface area contributed by atoms with Crippen LogP contribution in [0.4, 0.5) is 10.3 Å². The number of nitrogen functional groups attached to an aromatic ring is 1. The van der Waals surface area contributed by atoms with E-state index in [1.54, 1.807) is 0 Å². The van der Waals surface area contributed by atoms with Gasteiger partial charge < -0.3 is 19.7 Å². The third kappa shape index (κ3) is 1.89. The molecule has 0 unspecified atom stereocenters. The topological polar surface area (TPSA) is 70.5 Å². The molecule has 0 bridgehead atoms. The van der Waals surface area contributed by atoms with Crippen LogP contribution >= 0.6 is 0 Å². The summed E-state index contributed by atoms with van der Waals surface area (Å²) < 4.78 is 28.4. The van der Waals surface area contributed by atoms with Gasteiger partial charge in [-0.3, -0.25) is 0 Å². The van der Waals surface area contributed by atoms with Crippen LogP contribution < -0.4 is 15.2 Å². The molecule has 0 saturated heterocycles. The minimum atomic E-state index is -0.460. The van der Waals surface area contributed by atoms with Gasteiger partial charge in [-0.1, -0.05) is 5.16 Å². The van der Waals surface area contributed by atoms with Crippen LogP contribution in [0.3, 0.4) is 0 Å². The molecule has 6 heteroatoms. The first-order valence-electron chi connectivity index (χ1n) is 4.79. The molecule has 0 spiro atoms. The zero-order valence-corrected chi connectivity index (χ0v) is 9.36. The van der Waals surface area contributed by atoms with Crippen molar-refractivity contribution in [2.75, 3.05) is 20.0 Å². The number of aromatic nitrogens is 1. The van der Waals surface area contributed by atoms with E-state index in [9.17, 15) is 4.39 Å². The fourth-order valence-electron chi connectivity index (χ4n) is 1.58. The Bertz CT molecular complexity index is 540. The Hall–Kier alpha value is -2.24. The highest BCUT2D eigenvalue weighted by molar-refractivity contribution is 5.79. The molecule has 0 aliphatic rings. The highest BCUT2D eigenvalue weighted by Gasteiger charge is 2.18. The van der Waals surface area contributed by atoms with Crippen molar-refractivity contribution < 1.29 is 18.4 Å². The van der Waals surface area contributed by atoms with Crippen LogP contribution in [0.1, 0.15) is 0 Å². The van der Waals surface area contributed by atoms with Gasteiger partial charge in [0.15, 0.2) is 11.5 Å². The molecule has 1 heterocycles. The molecule has 1 aromatic heterocycles. The smallest absolute Gasteiger partial charge is 0.230 e. The second kappa shape index (κ2) is 4.32. The fourth-order valence-corrected chi connectivity index (χ4v) is 1.58. The number of hydrogen-bond donors (Lipinski definition) is 1. The predicted molar refractivity (Wildman–Crippen MR) is 59.4 cm³/mol. The zero-order chi connectivity index (χ0) is 12.4. The average molecular weight is 238 g/mol. The van der Waals surface area contributed by atoms with Crippen LogP contribution in [0.25, 0.3) is 11.1 Å². The van der Waals surface area contributed by atoms with Gasteiger partial charge in [0.05, 0.1) is 26.0 Å². The van der Waals surface area contributed by atoms with E-state index in [0.717, 1.165) is 0 Å². The zero-order valence-electron chi connectivity index (χ0n) is 9.36. The van der Waals surface area contributed by atoms with Crippen molar-refractivity contribution in [1.82, 2.24) is 5.16 Å². The van der Waals surface area contributed by atoms with E-state index in [0.29, 0.717) is 16.9 Å². The van der Waals surface area contributed by atoms with Crippen molar-refractivity contribution in [2.45, 2.75) is 0 Å². The molecule has 2 rings (SSSR count). The normalized spacial score (nSPS) is 10.3. The summed E-state index contributed by atoms with van der Waals surface area (Å²) in [4.78, 5) is 0. The molecular formula is C11H11FN2O3. The minimum absolute atomic E-state index is 0.0935. The number of rotatable bonds is 3. The quantitative estimate of drug-likeness (QED) is 0.886. The highest BCUT2D eigenvalue weighted by atomic mass is 19.1. The molecule has 2 N–H and O–H groups in total. The molecular weight excluding hydrogens is 227 g/mol. The van der Waals surface area contributed by atoms with E-state index < -0.39 is 5.82 Å². The number of nitrogens with two attached hydrogens (primary N) is 1. The molecule has 0 aliphatic heterocycles. The standard InChI is InChI=1S/C11H11FN2O3/c1-15-9-4-6(12)3-7(10(9)16-2)8-5-14-17-11(8)13/h3-5H,13H2,1-2H3. The lowest BCUT2D eigenvalue weighted by Crippen LogP contribution is -1.95. The van der Waals surface area contributed by atoms with E-state index >= 15 is 0 Å². The summed E-state index contributed by atoms with van der Waals surface area (Å²) >= 11 is 0. The number of ether oxygens (including phenoxy) is 2. The summed E-state index contributed by atoms with van der Waals surface area (Å²) in [7, 11) is 2.89. The largest absolute Gasteiger partial charge is 0.493 e. The molecule has 2 aromatic rings. The van der Waals surface area contributed by atoms with E-state index in [-0.39, 0.29) is 11.6 Å². The highest BCUT2D eigenvalue weighted by Crippen LogP contribution is 2.40. The fraction of sp³-hybridized carbons (Fsp3) is 0.182. The van der Waals surface area contributed by atoms with Crippen LogP contribution in [0.5, 0.6) is 11.5 Å². The van der Waals surface area contributed by atoms with Gasteiger partial charge in [0, 0.05) is 11.6 Å². The Labute approximate surface area is 96.9 Å². The van der Waals surface area contributed by atoms with Crippen molar-refractivity contribution >= 4 is 5.88 Å². The first kappa shape index (κ1) is 11.3. The molecule has 5 nitrogen and oxygen atoms in total. The number of anilines is 1. The molecule has 1 aromatic carbocycles. The minimum Gasteiger partial charge on any atom is -0.493 e. The molecule has 0 aliphatic carbocycles. The third-order valence-corrected chi connectivity index (χ3v) is 2.33. The molecule has 0 fully saturated rings. The monoisotopic (exact) mass is 238 g/mol. The lowest BCUT2D eigenvalue weighted by atomic mass is 10.1. The Kier molecular flexibility index (Phi) is 2.86. The molecule has 0 saturated carbocycles. The molecule has 0 atom stereocenters. The summed E-state index contributed by atoms with van der Waals surface area (Å²) in [6, 6.07) is 2.51. The molecule has 90 valence electrons. The van der Waals surface area contributed by atoms with E-state index in [2.05, 4.69) is 5.16 Å². The van der Waals surface area contributed by atoms with Gasteiger partial charge >= 0.3 is 0 Å². The SMILES string of the molecule is COc1cc(F)cc(-c2cnoc2N)c1OC. The summed E-state index contributed by atoms with van der Waals surface area (Å²) in [6.45, 7) is 0. The predicted octanol–water partition coefficient (Wildman–Crippen LogP) is 2.08. The third-order valence-electron chi connectivity index (χ3n) is 2.33. The second-order valence-corrected chi connectivity index (χ2v) is 3.29. The first-order chi connectivity index (χ1) is 8.17. The van der Waals surface area contributed by atoms with Gasteiger partial charge in [-0.25, -0.2) is 4.39 Å². The summed E-state index contributed by atoms with van der Waals surface area (Å²) in [5.41, 5.74) is 6.48. The van der Waals surface area contributed by atoms with Gasteiger partial charge in [-0.15, -0.1) is 0 Å². The Morgan fingerprint density at radius 3 is 2.53 bits per heavy atom. The van der Waals surface area contributed by atoms with Gasteiger partial charge in [0.1, 0.15) is 5.82 Å². The van der Waals surface area contributed by atoms with Gasteiger partial charge in [-0.2, -0.15) is 0 Å².